The van der Waals surface area contributed by atoms with E-state index in [0.717, 1.165) is 12.8 Å². The summed E-state index contributed by atoms with van der Waals surface area (Å²) in [5.74, 6) is 0. The van der Waals surface area contributed by atoms with Crippen LogP contribution in [0, 0.1) is 13.8 Å². The summed E-state index contributed by atoms with van der Waals surface area (Å²) < 4.78 is 0. The van der Waals surface area contributed by atoms with Gasteiger partial charge in [0.2, 0.25) is 0 Å². The van der Waals surface area contributed by atoms with Crippen molar-refractivity contribution in [3.63, 3.8) is 0 Å². The van der Waals surface area contributed by atoms with Crippen molar-refractivity contribution in [2.45, 2.75) is 64.5 Å². The van der Waals surface area contributed by atoms with E-state index in [-0.39, 0.29) is 6.10 Å². The van der Waals surface area contributed by atoms with Crippen LogP contribution >= 0.6 is 0 Å². The van der Waals surface area contributed by atoms with E-state index in [1.807, 2.05) is 0 Å². The second-order valence-corrected chi connectivity index (χ2v) is 6.64. The quantitative estimate of drug-likeness (QED) is 0.791. The molecule has 0 radical (unpaired) electrons. The standard InChI is InChI=1S/C18H27NO/c1-13-11-15-7-6-8-17(19-9-4-3-5-10-19)18(20)16(15)12-14(13)2/h11-12,17-18,20H,3-10H2,1-2H3. The summed E-state index contributed by atoms with van der Waals surface area (Å²) >= 11 is 0. The van der Waals surface area contributed by atoms with Crippen LogP contribution in [0.5, 0.6) is 0 Å². The van der Waals surface area contributed by atoms with Crippen molar-refractivity contribution in [1.82, 2.24) is 4.90 Å². The summed E-state index contributed by atoms with van der Waals surface area (Å²) in [4.78, 5) is 2.54. The molecular weight excluding hydrogens is 246 g/mol. The molecule has 2 atom stereocenters. The van der Waals surface area contributed by atoms with Crippen molar-refractivity contribution < 1.29 is 5.11 Å². The van der Waals surface area contributed by atoms with Gasteiger partial charge in [0, 0.05) is 6.04 Å². The molecule has 1 aliphatic heterocycles. The summed E-state index contributed by atoms with van der Waals surface area (Å²) in [5, 5.41) is 10.9. The third-order valence-corrected chi connectivity index (χ3v) is 5.24. The number of hydrogen-bond acceptors (Lipinski definition) is 2. The Labute approximate surface area is 122 Å². The molecule has 1 aromatic rings. The second-order valence-electron chi connectivity index (χ2n) is 6.64. The van der Waals surface area contributed by atoms with Crippen LogP contribution in [0.1, 0.15) is 60.5 Å². The molecule has 1 saturated heterocycles. The van der Waals surface area contributed by atoms with Gasteiger partial charge < -0.3 is 5.11 Å². The van der Waals surface area contributed by atoms with Crippen LogP contribution in [0.2, 0.25) is 0 Å². The zero-order chi connectivity index (χ0) is 14.1. The van der Waals surface area contributed by atoms with Crippen LogP contribution < -0.4 is 0 Å². The number of hydrogen-bond donors (Lipinski definition) is 1. The maximum absolute atomic E-state index is 10.9. The van der Waals surface area contributed by atoms with Crippen molar-refractivity contribution in [1.29, 1.82) is 0 Å². The molecule has 1 aromatic carbocycles. The lowest BCUT2D eigenvalue weighted by Crippen LogP contribution is -2.42. The fraction of sp³-hybridized carbons (Fsp3) is 0.667. The Kier molecular flexibility index (Phi) is 4.13. The number of fused-ring (bicyclic) bond motifs is 1. The molecule has 0 bridgehead atoms. The Morgan fingerprint density at radius 2 is 1.70 bits per heavy atom. The number of aliphatic hydroxyl groups excluding tert-OH is 1. The van der Waals surface area contributed by atoms with Crippen molar-refractivity contribution in [2.24, 2.45) is 0 Å². The molecule has 2 heteroatoms. The summed E-state index contributed by atoms with van der Waals surface area (Å²) in [6.45, 7) is 6.67. The molecule has 0 aromatic heterocycles. The van der Waals surface area contributed by atoms with Crippen LogP contribution in [0.3, 0.4) is 0 Å². The molecule has 2 aliphatic rings. The van der Waals surface area contributed by atoms with Crippen LogP contribution in [0.4, 0.5) is 0 Å². The Hall–Kier alpha value is -0.860. The van der Waals surface area contributed by atoms with Gasteiger partial charge in [-0.05, 0) is 81.3 Å². The molecule has 2 unspecified atom stereocenters. The van der Waals surface area contributed by atoms with E-state index in [4.69, 9.17) is 0 Å². The smallest absolute Gasteiger partial charge is 0.0947 e. The zero-order valence-corrected chi connectivity index (χ0v) is 12.9. The Morgan fingerprint density at radius 1 is 1.00 bits per heavy atom. The maximum Gasteiger partial charge on any atom is 0.0947 e. The summed E-state index contributed by atoms with van der Waals surface area (Å²) in [6.07, 6.45) is 7.10. The minimum absolute atomic E-state index is 0.301. The largest absolute Gasteiger partial charge is 0.387 e. The van der Waals surface area contributed by atoms with E-state index >= 15 is 0 Å². The third-order valence-electron chi connectivity index (χ3n) is 5.24. The minimum Gasteiger partial charge on any atom is -0.387 e. The molecule has 1 fully saturated rings. The van der Waals surface area contributed by atoms with Crippen LogP contribution in [0.15, 0.2) is 12.1 Å². The highest BCUT2D eigenvalue weighted by atomic mass is 16.3. The maximum atomic E-state index is 10.9. The highest BCUT2D eigenvalue weighted by molar-refractivity contribution is 5.39. The number of nitrogens with zero attached hydrogens (tertiary/aromatic N) is 1. The Morgan fingerprint density at radius 3 is 2.45 bits per heavy atom. The lowest BCUT2D eigenvalue weighted by atomic mass is 9.93. The zero-order valence-electron chi connectivity index (χ0n) is 12.9. The molecule has 0 spiro atoms. The number of aryl methyl sites for hydroxylation is 3. The Balaban J connectivity index is 1.90. The van der Waals surface area contributed by atoms with E-state index < -0.39 is 0 Å². The van der Waals surface area contributed by atoms with E-state index in [0.29, 0.717) is 6.04 Å². The average Bonchev–Trinajstić information content (AvgIpc) is 2.61. The van der Waals surface area contributed by atoms with Gasteiger partial charge >= 0.3 is 0 Å². The molecule has 1 heterocycles. The van der Waals surface area contributed by atoms with Gasteiger partial charge in [-0.2, -0.15) is 0 Å². The van der Waals surface area contributed by atoms with E-state index in [1.165, 1.54) is 61.0 Å². The van der Waals surface area contributed by atoms with E-state index in [9.17, 15) is 5.11 Å². The lowest BCUT2D eigenvalue weighted by Gasteiger charge is -2.37. The van der Waals surface area contributed by atoms with Gasteiger partial charge in [-0.15, -0.1) is 0 Å². The molecule has 20 heavy (non-hydrogen) atoms. The summed E-state index contributed by atoms with van der Waals surface area (Å²) in [5.41, 5.74) is 5.23. The number of likely N-dealkylation sites (tertiary alicyclic amines) is 1. The summed E-state index contributed by atoms with van der Waals surface area (Å²) in [6, 6.07) is 4.86. The number of benzene rings is 1. The van der Waals surface area contributed by atoms with Crippen molar-refractivity contribution in [3.05, 3.63) is 34.4 Å². The van der Waals surface area contributed by atoms with Crippen molar-refractivity contribution in [2.75, 3.05) is 13.1 Å². The van der Waals surface area contributed by atoms with Crippen LogP contribution in [-0.4, -0.2) is 29.1 Å². The van der Waals surface area contributed by atoms with Gasteiger partial charge in [0.15, 0.2) is 0 Å². The highest BCUT2D eigenvalue weighted by Crippen LogP contribution is 2.34. The molecule has 3 rings (SSSR count). The molecule has 0 amide bonds. The van der Waals surface area contributed by atoms with Crippen LogP contribution in [0.25, 0.3) is 0 Å². The molecule has 2 nitrogen and oxygen atoms in total. The van der Waals surface area contributed by atoms with Crippen molar-refractivity contribution >= 4 is 0 Å². The first-order valence-electron chi connectivity index (χ1n) is 8.19. The fourth-order valence-electron chi connectivity index (χ4n) is 3.89. The van der Waals surface area contributed by atoms with Gasteiger partial charge in [0.1, 0.15) is 0 Å². The van der Waals surface area contributed by atoms with Gasteiger partial charge in [0.05, 0.1) is 6.10 Å². The molecule has 1 aliphatic carbocycles. The number of aliphatic hydroxyl groups is 1. The van der Waals surface area contributed by atoms with Gasteiger partial charge in [0.25, 0.3) is 0 Å². The SMILES string of the molecule is Cc1cc2c(cc1C)C(O)C(N1CCCCC1)CCC2. The Bertz CT molecular complexity index is 477. The van der Waals surface area contributed by atoms with E-state index in [1.54, 1.807) is 0 Å². The monoisotopic (exact) mass is 273 g/mol. The molecular formula is C18H27NO. The predicted molar refractivity (Wildman–Crippen MR) is 83.0 cm³/mol. The first-order valence-corrected chi connectivity index (χ1v) is 8.19. The highest BCUT2D eigenvalue weighted by Gasteiger charge is 2.31. The first kappa shape index (κ1) is 14.1. The van der Waals surface area contributed by atoms with E-state index in [2.05, 4.69) is 30.9 Å². The average molecular weight is 273 g/mol. The predicted octanol–water partition coefficient (Wildman–Crippen LogP) is 3.53. The van der Waals surface area contributed by atoms with Gasteiger partial charge in [-0.25, -0.2) is 0 Å². The normalized spacial score (nSPS) is 27.9. The van der Waals surface area contributed by atoms with Gasteiger partial charge in [-0.3, -0.25) is 4.90 Å². The molecule has 110 valence electrons. The molecule has 1 N–H and O–H groups in total. The molecule has 0 saturated carbocycles. The number of rotatable bonds is 1. The third kappa shape index (κ3) is 2.64. The van der Waals surface area contributed by atoms with Crippen LogP contribution in [-0.2, 0) is 6.42 Å². The number of piperidine rings is 1. The fourth-order valence-corrected chi connectivity index (χ4v) is 3.89. The topological polar surface area (TPSA) is 23.5 Å². The van der Waals surface area contributed by atoms with Gasteiger partial charge in [-0.1, -0.05) is 18.6 Å². The minimum atomic E-state index is -0.301. The van der Waals surface area contributed by atoms with Crippen molar-refractivity contribution in [3.8, 4) is 0 Å². The summed E-state index contributed by atoms with van der Waals surface area (Å²) in [7, 11) is 0. The first-order chi connectivity index (χ1) is 9.66. The second kappa shape index (κ2) is 5.87. The lowest BCUT2D eigenvalue weighted by molar-refractivity contribution is 0.0342.